The maximum atomic E-state index is 5.38. The molecule has 11 heavy (non-hydrogen) atoms. The van der Waals surface area contributed by atoms with Crippen molar-refractivity contribution >= 4 is 0 Å². The van der Waals surface area contributed by atoms with Crippen LogP contribution in [0.2, 0.25) is 0 Å². The molecule has 1 aliphatic carbocycles. The van der Waals surface area contributed by atoms with Crippen molar-refractivity contribution < 1.29 is 9.47 Å². The van der Waals surface area contributed by atoms with E-state index in [9.17, 15) is 0 Å². The summed E-state index contributed by atoms with van der Waals surface area (Å²) in [7, 11) is 0. The van der Waals surface area contributed by atoms with Gasteiger partial charge in [-0.1, -0.05) is 0 Å². The van der Waals surface area contributed by atoms with E-state index in [0.717, 1.165) is 26.4 Å². The van der Waals surface area contributed by atoms with E-state index in [-0.39, 0.29) is 0 Å². The lowest BCUT2D eigenvalue weighted by Crippen LogP contribution is -2.17. The molecule has 0 spiro atoms. The Hall–Kier alpha value is -0.0800. The van der Waals surface area contributed by atoms with Crippen LogP contribution in [0, 0.1) is 5.41 Å². The zero-order valence-corrected chi connectivity index (χ0v) is 7.56. The Balaban J connectivity index is 2.08. The van der Waals surface area contributed by atoms with Crippen LogP contribution in [0.4, 0.5) is 0 Å². The summed E-state index contributed by atoms with van der Waals surface area (Å²) in [5.74, 6) is 0. The third kappa shape index (κ3) is 2.80. The second-order valence-electron chi connectivity index (χ2n) is 3.27. The number of hydrogen-bond acceptors (Lipinski definition) is 2. The van der Waals surface area contributed by atoms with Crippen LogP contribution in [0.15, 0.2) is 0 Å². The fourth-order valence-electron chi connectivity index (χ4n) is 1.14. The molecule has 1 rings (SSSR count). The monoisotopic (exact) mass is 158 g/mol. The van der Waals surface area contributed by atoms with E-state index in [1.54, 1.807) is 0 Å². The lowest BCUT2D eigenvalue weighted by atomic mass is 10.1. The smallest absolute Gasteiger partial charge is 0.0544 e. The molecule has 0 aliphatic heterocycles. The number of hydrogen-bond donors (Lipinski definition) is 0. The Morgan fingerprint density at radius 1 is 1.00 bits per heavy atom. The first kappa shape index (κ1) is 9.01. The molecule has 0 N–H and O–H groups in total. The number of rotatable bonds is 6. The van der Waals surface area contributed by atoms with Gasteiger partial charge in [0.05, 0.1) is 13.2 Å². The van der Waals surface area contributed by atoms with E-state index in [4.69, 9.17) is 9.47 Å². The van der Waals surface area contributed by atoms with E-state index in [2.05, 4.69) is 0 Å². The van der Waals surface area contributed by atoms with Gasteiger partial charge in [-0.3, -0.25) is 0 Å². The summed E-state index contributed by atoms with van der Waals surface area (Å²) in [6.07, 6.45) is 2.57. The van der Waals surface area contributed by atoms with Gasteiger partial charge in [0, 0.05) is 18.6 Å². The second kappa shape index (κ2) is 4.07. The Bertz CT molecular complexity index is 98.1. The lowest BCUT2D eigenvalue weighted by molar-refractivity contribution is 0.0360. The maximum Gasteiger partial charge on any atom is 0.0544 e. The van der Waals surface area contributed by atoms with Crippen molar-refractivity contribution in [1.29, 1.82) is 0 Å². The molecule has 0 unspecified atom stereocenters. The highest BCUT2D eigenvalue weighted by molar-refractivity contribution is 4.92. The predicted octanol–water partition coefficient (Wildman–Crippen LogP) is 1.84. The summed E-state index contributed by atoms with van der Waals surface area (Å²) < 4.78 is 10.8. The summed E-state index contributed by atoms with van der Waals surface area (Å²) in [5, 5.41) is 0. The fraction of sp³-hybridized carbons (Fsp3) is 1.00. The van der Waals surface area contributed by atoms with Crippen molar-refractivity contribution in [1.82, 2.24) is 0 Å². The molecule has 0 aromatic rings. The van der Waals surface area contributed by atoms with Crippen molar-refractivity contribution in [3.05, 3.63) is 0 Å². The van der Waals surface area contributed by atoms with Crippen LogP contribution in [0.3, 0.4) is 0 Å². The van der Waals surface area contributed by atoms with Crippen LogP contribution in [0.25, 0.3) is 0 Å². The van der Waals surface area contributed by atoms with Crippen LogP contribution >= 0.6 is 0 Å². The van der Waals surface area contributed by atoms with Crippen molar-refractivity contribution in [2.45, 2.75) is 26.7 Å². The zero-order chi connectivity index (χ0) is 8.16. The first-order valence-electron chi connectivity index (χ1n) is 4.48. The molecular weight excluding hydrogens is 140 g/mol. The van der Waals surface area contributed by atoms with Crippen molar-refractivity contribution in [3.8, 4) is 0 Å². The van der Waals surface area contributed by atoms with Crippen molar-refractivity contribution in [3.63, 3.8) is 0 Å². The average Bonchev–Trinajstić information content (AvgIpc) is 2.79. The molecule has 1 fully saturated rings. The summed E-state index contributed by atoms with van der Waals surface area (Å²) in [4.78, 5) is 0. The molecule has 0 radical (unpaired) electrons. The van der Waals surface area contributed by atoms with Crippen LogP contribution in [-0.4, -0.2) is 26.4 Å². The summed E-state index contributed by atoms with van der Waals surface area (Å²) in [6.45, 7) is 7.52. The van der Waals surface area contributed by atoms with Gasteiger partial charge in [0.15, 0.2) is 0 Å². The quantitative estimate of drug-likeness (QED) is 0.587. The molecule has 2 heteroatoms. The predicted molar refractivity (Wildman–Crippen MR) is 44.7 cm³/mol. The van der Waals surface area contributed by atoms with E-state index >= 15 is 0 Å². The highest BCUT2D eigenvalue weighted by Gasteiger charge is 2.42. The SMILES string of the molecule is CCOCC1(COCC)CC1. The van der Waals surface area contributed by atoms with Gasteiger partial charge in [-0.2, -0.15) is 0 Å². The van der Waals surface area contributed by atoms with Gasteiger partial charge < -0.3 is 9.47 Å². The van der Waals surface area contributed by atoms with Gasteiger partial charge in [-0.25, -0.2) is 0 Å². The molecule has 2 nitrogen and oxygen atoms in total. The zero-order valence-electron chi connectivity index (χ0n) is 7.56. The standard InChI is InChI=1S/C9H18O2/c1-3-10-7-9(5-6-9)8-11-4-2/h3-8H2,1-2H3. The third-order valence-electron chi connectivity index (χ3n) is 2.18. The molecule has 0 amide bonds. The Morgan fingerprint density at radius 3 is 1.73 bits per heavy atom. The molecular formula is C9H18O2. The van der Waals surface area contributed by atoms with E-state index in [0.29, 0.717) is 5.41 Å². The minimum Gasteiger partial charge on any atom is -0.381 e. The highest BCUT2D eigenvalue weighted by Crippen LogP contribution is 2.45. The molecule has 1 saturated carbocycles. The van der Waals surface area contributed by atoms with Gasteiger partial charge in [-0.05, 0) is 26.7 Å². The molecule has 0 heterocycles. The molecule has 66 valence electrons. The first-order valence-corrected chi connectivity index (χ1v) is 4.48. The summed E-state index contributed by atoms with van der Waals surface area (Å²) in [5.41, 5.74) is 0.409. The van der Waals surface area contributed by atoms with Crippen LogP contribution in [-0.2, 0) is 9.47 Å². The normalized spacial score (nSPS) is 20.2. The topological polar surface area (TPSA) is 18.5 Å². The Morgan fingerprint density at radius 2 is 1.45 bits per heavy atom. The molecule has 0 saturated heterocycles. The maximum absolute atomic E-state index is 5.38. The van der Waals surface area contributed by atoms with Crippen LogP contribution in [0.1, 0.15) is 26.7 Å². The van der Waals surface area contributed by atoms with Crippen LogP contribution < -0.4 is 0 Å². The molecule has 0 aromatic carbocycles. The van der Waals surface area contributed by atoms with Crippen molar-refractivity contribution in [2.24, 2.45) is 5.41 Å². The number of ether oxygens (including phenoxy) is 2. The molecule has 0 aromatic heterocycles. The lowest BCUT2D eigenvalue weighted by Gasteiger charge is -2.13. The molecule has 0 atom stereocenters. The van der Waals surface area contributed by atoms with E-state index in [1.807, 2.05) is 13.8 Å². The fourth-order valence-corrected chi connectivity index (χ4v) is 1.14. The second-order valence-corrected chi connectivity index (χ2v) is 3.27. The summed E-state index contributed by atoms with van der Waals surface area (Å²) >= 11 is 0. The van der Waals surface area contributed by atoms with Gasteiger partial charge in [0.2, 0.25) is 0 Å². The minimum absolute atomic E-state index is 0.409. The Kier molecular flexibility index (Phi) is 3.34. The largest absolute Gasteiger partial charge is 0.381 e. The third-order valence-corrected chi connectivity index (χ3v) is 2.18. The van der Waals surface area contributed by atoms with E-state index in [1.165, 1.54) is 12.8 Å². The Labute approximate surface area is 68.9 Å². The average molecular weight is 158 g/mol. The summed E-state index contributed by atoms with van der Waals surface area (Å²) in [6, 6.07) is 0. The molecule has 1 aliphatic rings. The van der Waals surface area contributed by atoms with Gasteiger partial charge in [0.1, 0.15) is 0 Å². The van der Waals surface area contributed by atoms with Crippen molar-refractivity contribution in [2.75, 3.05) is 26.4 Å². The first-order chi connectivity index (χ1) is 5.33. The molecule has 0 bridgehead atoms. The van der Waals surface area contributed by atoms with Gasteiger partial charge in [-0.15, -0.1) is 0 Å². The van der Waals surface area contributed by atoms with Gasteiger partial charge >= 0.3 is 0 Å². The van der Waals surface area contributed by atoms with Gasteiger partial charge in [0.25, 0.3) is 0 Å². The highest BCUT2D eigenvalue weighted by atomic mass is 16.5. The van der Waals surface area contributed by atoms with Crippen LogP contribution in [0.5, 0.6) is 0 Å². The minimum atomic E-state index is 0.409. The van der Waals surface area contributed by atoms with E-state index < -0.39 is 0 Å².